The summed E-state index contributed by atoms with van der Waals surface area (Å²) in [7, 11) is 0. The summed E-state index contributed by atoms with van der Waals surface area (Å²) in [4.78, 5) is 16.6. The van der Waals surface area contributed by atoms with Gasteiger partial charge in [-0.2, -0.15) is 0 Å². The van der Waals surface area contributed by atoms with Crippen LogP contribution in [0.25, 0.3) is 11.4 Å². The molecule has 0 bridgehead atoms. The van der Waals surface area contributed by atoms with Gasteiger partial charge in [0.2, 0.25) is 0 Å². The molecule has 122 valence electrons. The molecule has 0 fully saturated rings. The normalized spacial score (nSPS) is 10.8. The maximum atomic E-state index is 12.4. The van der Waals surface area contributed by atoms with Gasteiger partial charge in [-0.15, -0.1) is 5.10 Å². The van der Waals surface area contributed by atoms with Gasteiger partial charge < -0.3 is 5.32 Å². The van der Waals surface area contributed by atoms with Gasteiger partial charge in [0.05, 0.1) is 18.3 Å². The van der Waals surface area contributed by atoms with Crippen molar-refractivity contribution >= 4 is 5.91 Å². The maximum Gasteiger partial charge on any atom is 0.251 e. The van der Waals surface area contributed by atoms with Gasteiger partial charge in [0.15, 0.2) is 5.82 Å². The molecule has 24 heavy (non-hydrogen) atoms. The summed E-state index contributed by atoms with van der Waals surface area (Å²) in [6, 6.07) is 13.0. The first-order valence-corrected chi connectivity index (χ1v) is 7.71. The lowest BCUT2D eigenvalue weighted by molar-refractivity contribution is 0.0950. The molecule has 0 aliphatic rings. The monoisotopic (exact) mass is 322 g/mol. The fraction of sp³-hybridized carbons (Fsp3) is 0.235. The fourth-order valence-electron chi connectivity index (χ4n) is 2.31. The number of nitrogens with one attached hydrogen (secondary N) is 1. The molecule has 0 radical (unpaired) electrons. The lowest BCUT2D eigenvalue weighted by Gasteiger charge is -2.09. The van der Waals surface area contributed by atoms with Crippen molar-refractivity contribution in [2.75, 3.05) is 0 Å². The topological polar surface area (TPSA) is 85.6 Å². The first-order chi connectivity index (χ1) is 11.6. The number of pyridine rings is 1. The third kappa shape index (κ3) is 3.45. The highest BCUT2D eigenvalue weighted by Crippen LogP contribution is 2.20. The zero-order valence-electron chi connectivity index (χ0n) is 13.5. The Hall–Kier alpha value is -3.09. The second-order valence-corrected chi connectivity index (χ2v) is 5.63. The Balaban J connectivity index is 1.77. The molecule has 1 N–H and O–H groups in total. The van der Waals surface area contributed by atoms with Gasteiger partial charge in [-0.1, -0.05) is 18.2 Å². The summed E-state index contributed by atoms with van der Waals surface area (Å²) in [5.74, 6) is 0.482. The van der Waals surface area contributed by atoms with Gasteiger partial charge in [0.1, 0.15) is 0 Å². The Morgan fingerprint density at radius 1 is 1.21 bits per heavy atom. The lowest BCUT2D eigenvalue weighted by atomic mass is 10.1. The van der Waals surface area contributed by atoms with E-state index in [0.717, 1.165) is 11.3 Å². The summed E-state index contributed by atoms with van der Waals surface area (Å²) >= 11 is 0. The van der Waals surface area contributed by atoms with Crippen LogP contribution in [0.5, 0.6) is 0 Å². The lowest BCUT2D eigenvalue weighted by Crippen LogP contribution is -2.23. The first kappa shape index (κ1) is 15.8. The van der Waals surface area contributed by atoms with Gasteiger partial charge in [-0.25, -0.2) is 4.68 Å². The van der Waals surface area contributed by atoms with E-state index in [2.05, 4.69) is 25.8 Å². The molecular weight excluding hydrogens is 304 g/mol. The molecule has 1 aromatic carbocycles. The van der Waals surface area contributed by atoms with Crippen molar-refractivity contribution in [2.45, 2.75) is 26.4 Å². The summed E-state index contributed by atoms with van der Waals surface area (Å²) in [5.41, 5.74) is 2.17. The molecule has 2 heterocycles. The SMILES string of the molecule is CC(C)n1nnnc1-c1cccc(C(=O)NCc2ccccn2)c1. The first-order valence-electron chi connectivity index (χ1n) is 7.71. The van der Waals surface area contributed by atoms with Crippen LogP contribution in [0.1, 0.15) is 35.9 Å². The molecule has 3 rings (SSSR count). The average molecular weight is 322 g/mol. The molecule has 0 aliphatic heterocycles. The maximum absolute atomic E-state index is 12.4. The van der Waals surface area contributed by atoms with Crippen LogP contribution in [0.3, 0.4) is 0 Å². The fourth-order valence-corrected chi connectivity index (χ4v) is 2.31. The zero-order chi connectivity index (χ0) is 16.9. The van der Waals surface area contributed by atoms with Gasteiger partial charge in [0, 0.05) is 17.3 Å². The van der Waals surface area contributed by atoms with E-state index >= 15 is 0 Å². The molecule has 1 amide bonds. The molecule has 0 saturated carbocycles. The average Bonchev–Trinajstić information content (AvgIpc) is 3.11. The molecule has 2 aromatic heterocycles. The van der Waals surface area contributed by atoms with Gasteiger partial charge in [-0.3, -0.25) is 9.78 Å². The third-order valence-electron chi connectivity index (χ3n) is 3.52. The van der Waals surface area contributed by atoms with E-state index in [1.165, 1.54) is 0 Å². The van der Waals surface area contributed by atoms with E-state index in [-0.39, 0.29) is 11.9 Å². The summed E-state index contributed by atoms with van der Waals surface area (Å²) in [6.45, 7) is 4.39. The number of aromatic nitrogens is 5. The quantitative estimate of drug-likeness (QED) is 0.778. The number of rotatable bonds is 5. The van der Waals surface area contributed by atoms with Crippen molar-refractivity contribution in [2.24, 2.45) is 0 Å². The van der Waals surface area contributed by atoms with Crippen LogP contribution in [0.2, 0.25) is 0 Å². The van der Waals surface area contributed by atoms with Crippen LogP contribution >= 0.6 is 0 Å². The smallest absolute Gasteiger partial charge is 0.251 e. The minimum Gasteiger partial charge on any atom is -0.346 e. The number of carbonyl (C=O) groups is 1. The molecule has 0 unspecified atom stereocenters. The molecule has 7 heteroatoms. The van der Waals surface area contributed by atoms with Crippen molar-refractivity contribution < 1.29 is 4.79 Å². The van der Waals surface area contributed by atoms with Gasteiger partial charge in [0.25, 0.3) is 5.91 Å². The standard InChI is InChI=1S/C17H18N6O/c1-12(2)23-16(20-21-22-23)13-6-5-7-14(10-13)17(24)19-11-15-8-3-4-9-18-15/h3-10,12H,11H2,1-2H3,(H,19,24). The molecule has 0 spiro atoms. The predicted octanol–water partition coefficient (Wildman–Crippen LogP) is 2.25. The second-order valence-electron chi connectivity index (χ2n) is 5.63. The minimum absolute atomic E-state index is 0.136. The van der Waals surface area contributed by atoms with Crippen LogP contribution in [-0.2, 0) is 6.54 Å². The van der Waals surface area contributed by atoms with E-state index in [4.69, 9.17) is 0 Å². The number of carbonyl (C=O) groups excluding carboxylic acids is 1. The largest absolute Gasteiger partial charge is 0.346 e. The van der Waals surface area contributed by atoms with E-state index in [1.807, 2.05) is 44.2 Å². The minimum atomic E-state index is -0.161. The third-order valence-corrected chi connectivity index (χ3v) is 3.52. The summed E-state index contributed by atoms with van der Waals surface area (Å²) < 4.78 is 1.73. The van der Waals surface area contributed by atoms with Gasteiger partial charge >= 0.3 is 0 Å². The van der Waals surface area contributed by atoms with Gasteiger partial charge in [-0.05, 0) is 48.5 Å². The molecule has 0 atom stereocenters. The highest BCUT2D eigenvalue weighted by Gasteiger charge is 2.13. The van der Waals surface area contributed by atoms with E-state index in [9.17, 15) is 4.79 Å². The Morgan fingerprint density at radius 2 is 2.08 bits per heavy atom. The molecule has 3 aromatic rings. The zero-order valence-corrected chi connectivity index (χ0v) is 13.5. The van der Waals surface area contributed by atoms with E-state index < -0.39 is 0 Å². The number of benzene rings is 1. The number of amides is 1. The molecule has 7 nitrogen and oxygen atoms in total. The molecule has 0 aliphatic carbocycles. The van der Waals surface area contributed by atoms with E-state index in [0.29, 0.717) is 17.9 Å². The Labute approximate surface area is 139 Å². The van der Waals surface area contributed by atoms with Crippen molar-refractivity contribution in [3.8, 4) is 11.4 Å². The van der Waals surface area contributed by atoms with Crippen LogP contribution in [0.4, 0.5) is 0 Å². The van der Waals surface area contributed by atoms with Crippen LogP contribution in [0.15, 0.2) is 48.7 Å². The Kier molecular flexibility index (Phi) is 4.60. The molecular formula is C17H18N6O. The Morgan fingerprint density at radius 3 is 2.83 bits per heavy atom. The predicted molar refractivity (Wildman–Crippen MR) is 89.0 cm³/mol. The van der Waals surface area contributed by atoms with Crippen molar-refractivity contribution in [3.63, 3.8) is 0 Å². The molecule has 0 saturated heterocycles. The Bertz CT molecular complexity index is 828. The van der Waals surface area contributed by atoms with Crippen LogP contribution in [0, 0.1) is 0 Å². The highest BCUT2D eigenvalue weighted by molar-refractivity contribution is 5.95. The van der Waals surface area contributed by atoms with Crippen molar-refractivity contribution in [1.82, 2.24) is 30.5 Å². The van der Waals surface area contributed by atoms with Crippen LogP contribution < -0.4 is 5.32 Å². The summed E-state index contributed by atoms with van der Waals surface area (Å²) in [5, 5.41) is 14.6. The summed E-state index contributed by atoms with van der Waals surface area (Å²) in [6.07, 6.45) is 1.70. The highest BCUT2D eigenvalue weighted by atomic mass is 16.1. The number of tetrazole rings is 1. The number of hydrogen-bond acceptors (Lipinski definition) is 5. The number of nitrogens with zero attached hydrogens (tertiary/aromatic N) is 5. The van der Waals surface area contributed by atoms with Crippen LogP contribution in [-0.4, -0.2) is 31.1 Å². The number of hydrogen-bond donors (Lipinski definition) is 1. The van der Waals surface area contributed by atoms with Crippen molar-refractivity contribution in [3.05, 3.63) is 59.9 Å². The second kappa shape index (κ2) is 6.99. The van der Waals surface area contributed by atoms with E-state index in [1.54, 1.807) is 23.0 Å². The van der Waals surface area contributed by atoms with Crippen molar-refractivity contribution in [1.29, 1.82) is 0 Å².